The Morgan fingerprint density at radius 1 is 1.20 bits per heavy atom. The maximum absolute atomic E-state index is 12.8. The number of carbonyl (C=O) groups is 2. The van der Waals surface area contributed by atoms with Crippen molar-refractivity contribution < 1.29 is 27.8 Å². The lowest BCUT2D eigenvalue weighted by molar-refractivity contribution is -0.146. The summed E-state index contributed by atoms with van der Waals surface area (Å²) in [6.45, 7) is 7.43. The predicted molar refractivity (Wildman–Crippen MR) is 69.6 cm³/mol. The van der Waals surface area contributed by atoms with Gasteiger partial charge in [-0.15, -0.1) is 0 Å². The van der Waals surface area contributed by atoms with E-state index >= 15 is 0 Å². The van der Waals surface area contributed by atoms with E-state index in [1.54, 1.807) is 27.7 Å². The standard InChI is InChI=1S/C13H23F2NO4/c1-6-19-10(17)9(7-8-13(5,14)15)16-11(18)20-12(2,3)4/h9H,6-8H2,1-5H3,(H,16,18). The molecule has 0 aliphatic carbocycles. The zero-order valence-corrected chi connectivity index (χ0v) is 12.6. The van der Waals surface area contributed by atoms with Crippen LogP contribution in [0.1, 0.15) is 47.5 Å². The Labute approximate surface area is 118 Å². The molecule has 1 amide bonds. The topological polar surface area (TPSA) is 64.6 Å². The van der Waals surface area contributed by atoms with Crippen molar-refractivity contribution in [3.63, 3.8) is 0 Å². The van der Waals surface area contributed by atoms with Crippen LogP contribution in [0.15, 0.2) is 0 Å². The third-order valence-electron chi connectivity index (χ3n) is 2.13. The van der Waals surface area contributed by atoms with E-state index < -0.39 is 36.0 Å². The molecule has 0 rings (SSSR count). The smallest absolute Gasteiger partial charge is 0.408 e. The van der Waals surface area contributed by atoms with E-state index in [9.17, 15) is 18.4 Å². The van der Waals surface area contributed by atoms with Gasteiger partial charge in [0.05, 0.1) is 6.61 Å². The summed E-state index contributed by atoms with van der Waals surface area (Å²) < 4.78 is 35.4. The molecule has 0 aromatic carbocycles. The van der Waals surface area contributed by atoms with Gasteiger partial charge < -0.3 is 14.8 Å². The molecule has 1 N–H and O–H groups in total. The molecule has 0 heterocycles. The third-order valence-corrected chi connectivity index (χ3v) is 2.13. The molecule has 0 aliphatic heterocycles. The van der Waals surface area contributed by atoms with E-state index in [0.717, 1.165) is 6.92 Å². The van der Waals surface area contributed by atoms with Gasteiger partial charge in [-0.05, 0) is 41.0 Å². The molecule has 1 unspecified atom stereocenters. The molecule has 7 heteroatoms. The fraction of sp³-hybridized carbons (Fsp3) is 0.846. The molecule has 20 heavy (non-hydrogen) atoms. The van der Waals surface area contributed by atoms with Crippen LogP contribution in [0, 0.1) is 0 Å². The number of esters is 1. The second-order valence-electron chi connectivity index (χ2n) is 5.56. The Balaban J connectivity index is 4.61. The summed E-state index contributed by atoms with van der Waals surface area (Å²) in [6, 6.07) is -1.14. The highest BCUT2D eigenvalue weighted by molar-refractivity contribution is 5.81. The highest BCUT2D eigenvalue weighted by atomic mass is 19.3. The van der Waals surface area contributed by atoms with Gasteiger partial charge in [-0.1, -0.05) is 0 Å². The number of nitrogens with one attached hydrogen (secondary N) is 1. The van der Waals surface area contributed by atoms with Crippen LogP contribution in [-0.2, 0) is 14.3 Å². The monoisotopic (exact) mass is 295 g/mol. The molecule has 0 bridgehead atoms. The lowest BCUT2D eigenvalue weighted by Gasteiger charge is -2.23. The maximum atomic E-state index is 12.8. The molecule has 0 saturated heterocycles. The third kappa shape index (κ3) is 9.52. The lowest BCUT2D eigenvalue weighted by atomic mass is 10.1. The van der Waals surface area contributed by atoms with Crippen molar-refractivity contribution >= 4 is 12.1 Å². The number of hydrogen-bond acceptors (Lipinski definition) is 4. The fourth-order valence-electron chi connectivity index (χ4n) is 1.34. The Morgan fingerprint density at radius 3 is 2.15 bits per heavy atom. The highest BCUT2D eigenvalue weighted by Gasteiger charge is 2.29. The number of halogens is 2. The van der Waals surface area contributed by atoms with Crippen molar-refractivity contribution in [3.05, 3.63) is 0 Å². The first-order valence-electron chi connectivity index (χ1n) is 6.48. The number of alkyl halides is 2. The van der Waals surface area contributed by atoms with Gasteiger partial charge >= 0.3 is 12.1 Å². The second-order valence-corrected chi connectivity index (χ2v) is 5.56. The zero-order valence-electron chi connectivity index (χ0n) is 12.6. The highest BCUT2D eigenvalue weighted by Crippen LogP contribution is 2.20. The van der Waals surface area contributed by atoms with E-state index in [-0.39, 0.29) is 13.0 Å². The number of rotatable bonds is 6. The minimum Gasteiger partial charge on any atom is -0.464 e. The Bertz CT molecular complexity index is 334. The number of hydrogen-bond donors (Lipinski definition) is 1. The van der Waals surface area contributed by atoms with Crippen molar-refractivity contribution in [3.8, 4) is 0 Å². The van der Waals surface area contributed by atoms with Crippen molar-refractivity contribution in [2.45, 2.75) is 65.0 Å². The minimum absolute atomic E-state index is 0.105. The first kappa shape index (κ1) is 18.6. The van der Waals surface area contributed by atoms with Crippen molar-refractivity contribution in [1.29, 1.82) is 0 Å². The molecule has 5 nitrogen and oxygen atoms in total. The van der Waals surface area contributed by atoms with Crippen LogP contribution in [-0.4, -0.2) is 36.2 Å². The average Bonchev–Trinajstić information content (AvgIpc) is 2.20. The van der Waals surface area contributed by atoms with Gasteiger partial charge in [-0.25, -0.2) is 18.4 Å². The van der Waals surface area contributed by atoms with Crippen LogP contribution < -0.4 is 5.32 Å². The number of ether oxygens (including phenoxy) is 2. The van der Waals surface area contributed by atoms with Crippen LogP contribution in [0.2, 0.25) is 0 Å². The Kier molecular flexibility index (Phi) is 6.88. The van der Waals surface area contributed by atoms with Crippen molar-refractivity contribution in [2.75, 3.05) is 6.61 Å². The number of carbonyl (C=O) groups excluding carboxylic acids is 2. The van der Waals surface area contributed by atoms with Crippen molar-refractivity contribution in [2.24, 2.45) is 0 Å². The summed E-state index contributed by atoms with van der Waals surface area (Å²) in [5.41, 5.74) is -0.738. The molecule has 0 fully saturated rings. The van der Waals surface area contributed by atoms with E-state index in [1.165, 1.54) is 0 Å². The van der Waals surface area contributed by atoms with Crippen LogP contribution in [0.4, 0.5) is 13.6 Å². The van der Waals surface area contributed by atoms with Gasteiger partial charge in [0, 0.05) is 6.42 Å². The first-order chi connectivity index (χ1) is 8.94. The minimum atomic E-state index is -2.92. The molecular formula is C13H23F2NO4. The molecule has 0 radical (unpaired) electrons. The van der Waals surface area contributed by atoms with Crippen LogP contribution in [0.5, 0.6) is 0 Å². The van der Waals surface area contributed by atoms with Gasteiger partial charge in [0.2, 0.25) is 5.92 Å². The van der Waals surface area contributed by atoms with Gasteiger partial charge in [-0.3, -0.25) is 0 Å². The van der Waals surface area contributed by atoms with Gasteiger partial charge in [-0.2, -0.15) is 0 Å². The maximum Gasteiger partial charge on any atom is 0.408 e. The van der Waals surface area contributed by atoms with Gasteiger partial charge in [0.1, 0.15) is 11.6 Å². The van der Waals surface area contributed by atoms with E-state index in [0.29, 0.717) is 0 Å². The van der Waals surface area contributed by atoms with Gasteiger partial charge in [0.15, 0.2) is 0 Å². The molecule has 1 atom stereocenters. The van der Waals surface area contributed by atoms with E-state index in [1.807, 2.05) is 0 Å². The van der Waals surface area contributed by atoms with Crippen LogP contribution >= 0.6 is 0 Å². The fourth-order valence-corrected chi connectivity index (χ4v) is 1.34. The number of alkyl carbamates (subject to hydrolysis) is 1. The Morgan fingerprint density at radius 2 is 1.75 bits per heavy atom. The second kappa shape index (κ2) is 7.40. The van der Waals surface area contributed by atoms with Crippen LogP contribution in [0.25, 0.3) is 0 Å². The summed E-state index contributed by atoms with van der Waals surface area (Å²) in [6.07, 6.45) is -1.59. The first-order valence-corrected chi connectivity index (χ1v) is 6.48. The van der Waals surface area contributed by atoms with E-state index in [2.05, 4.69) is 5.32 Å². The normalized spacial score (nSPS) is 13.6. The summed E-state index contributed by atoms with van der Waals surface area (Å²) in [5, 5.41) is 2.26. The summed E-state index contributed by atoms with van der Waals surface area (Å²) in [7, 11) is 0. The average molecular weight is 295 g/mol. The largest absolute Gasteiger partial charge is 0.464 e. The quantitative estimate of drug-likeness (QED) is 0.765. The summed E-state index contributed by atoms with van der Waals surface area (Å²) in [5.74, 6) is -3.66. The van der Waals surface area contributed by atoms with E-state index in [4.69, 9.17) is 9.47 Å². The molecule has 0 spiro atoms. The molecule has 0 saturated carbocycles. The van der Waals surface area contributed by atoms with Gasteiger partial charge in [0.25, 0.3) is 0 Å². The van der Waals surface area contributed by atoms with Crippen LogP contribution in [0.3, 0.4) is 0 Å². The SMILES string of the molecule is CCOC(=O)C(CCC(C)(F)F)NC(=O)OC(C)(C)C. The summed E-state index contributed by atoms with van der Waals surface area (Å²) >= 11 is 0. The molecule has 118 valence electrons. The zero-order chi connectivity index (χ0) is 16.0. The molecular weight excluding hydrogens is 272 g/mol. The number of amides is 1. The molecule has 0 aromatic heterocycles. The molecule has 0 aromatic rings. The van der Waals surface area contributed by atoms with Crippen molar-refractivity contribution in [1.82, 2.24) is 5.32 Å². The summed E-state index contributed by atoms with van der Waals surface area (Å²) in [4.78, 5) is 23.2. The Hall–Kier alpha value is -1.40. The molecule has 0 aliphatic rings. The predicted octanol–water partition coefficient (Wildman–Crippen LogP) is 2.88. The lowest BCUT2D eigenvalue weighted by Crippen LogP contribution is -2.44.